The highest BCUT2D eigenvalue weighted by atomic mass is 16.5. The molecule has 102 valence electrons. The normalized spacial score (nSPS) is 21.2. The minimum atomic E-state index is -0.402. The van der Waals surface area contributed by atoms with Crippen molar-refractivity contribution in [3.8, 4) is 0 Å². The molecule has 0 saturated carbocycles. The summed E-state index contributed by atoms with van der Waals surface area (Å²) in [5.74, 6) is 0.203. The number of carbonyl (C=O) groups excluding carboxylic acids is 1. The molecule has 0 bridgehead atoms. The molecule has 1 amide bonds. The predicted molar refractivity (Wildman–Crippen MR) is 72.2 cm³/mol. The van der Waals surface area contributed by atoms with Crippen LogP contribution >= 0.6 is 0 Å². The summed E-state index contributed by atoms with van der Waals surface area (Å²) in [4.78, 5) is 14.8. The molecule has 1 aromatic rings. The number of rotatable bonds is 2. The first-order valence-corrected chi connectivity index (χ1v) is 6.89. The molecule has 2 heterocycles. The lowest BCUT2D eigenvalue weighted by Gasteiger charge is -2.37. The highest BCUT2D eigenvalue weighted by Crippen LogP contribution is 2.34. The summed E-state index contributed by atoms with van der Waals surface area (Å²) >= 11 is 0. The zero-order valence-electron chi connectivity index (χ0n) is 11.1. The maximum Gasteiger partial charge on any atom is 0.230 e. The summed E-state index contributed by atoms with van der Waals surface area (Å²) in [6.45, 7) is 3.14. The van der Waals surface area contributed by atoms with Crippen LogP contribution in [-0.4, -0.2) is 30.6 Å². The van der Waals surface area contributed by atoms with Crippen molar-refractivity contribution < 1.29 is 9.53 Å². The fourth-order valence-electron chi connectivity index (χ4n) is 3.08. The first-order chi connectivity index (χ1) is 9.25. The van der Waals surface area contributed by atoms with Crippen molar-refractivity contribution in [2.75, 3.05) is 19.8 Å². The molecule has 2 aliphatic heterocycles. The Labute approximate surface area is 113 Å². The lowest BCUT2D eigenvalue weighted by atomic mass is 9.79. The fraction of sp³-hybridized carbons (Fsp3) is 0.533. The Bertz CT molecular complexity index is 456. The Morgan fingerprint density at radius 1 is 1.21 bits per heavy atom. The number of nitrogens with two attached hydrogens (primary N) is 1. The Balaban J connectivity index is 1.78. The molecule has 4 heteroatoms. The highest BCUT2D eigenvalue weighted by Gasteiger charge is 2.42. The number of fused-ring (bicyclic) bond motifs is 1. The van der Waals surface area contributed by atoms with Crippen LogP contribution in [0.5, 0.6) is 0 Å². The van der Waals surface area contributed by atoms with Crippen LogP contribution in [0.4, 0.5) is 0 Å². The maximum atomic E-state index is 12.8. The van der Waals surface area contributed by atoms with Gasteiger partial charge in [-0.3, -0.25) is 4.79 Å². The van der Waals surface area contributed by atoms with Crippen molar-refractivity contribution in [3.05, 3.63) is 35.4 Å². The van der Waals surface area contributed by atoms with Gasteiger partial charge in [0.05, 0.1) is 5.41 Å². The van der Waals surface area contributed by atoms with Crippen molar-refractivity contribution in [1.82, 2.24) is 4.90 Å². The third kappa shape index (κ3) is 2.15. The number of carbonyl (C=O) groups is 1. The van der Waals surface area contributed by atoms with Crippen LogP contribution in [0.2, 0.25) is 0 Å². The van der Waals surface area contributed by atoms with Crippen LogP contribution in [-0.2, 0) is 22.6 Å². The summed E-state index contributed by atoms with van der Waals surface area (Å²) in [7, 11) is 0. The Kier molecular flexibility index (Phi) is 3.29. The molecule has 1 saturated heterocycles. The lowest BCUT2D eigenvalue weighted by Crippen LogP contribution is -2.49. The molecule has 0 atom stereocenters. The molecular weight excluding hydrogens is 240 g/mol. The first kappa shape index (κ1) is 12.6. The third-order valence-electron chi connectivity index (χ3n) is 4.42. The van der Waals surface area contributed by atoms with Gasteiger partial charge in [0.15, 0.2) is 0 Å². The number of ether oxygens (including phenoxy) is 1. The van der Waals surface area contributed by atoms with Gasteiger partial charge in [0.25, 0.3) is 0 Å². The zero-order valence-corrected chi connectivity index (χ0v) is 11.1. The van der Waals surface area contributed by atoms with E-state index in [1.54, 1.807) is 0 Å². The van der Waals surface area contributed by atoms with Crippen LogP contribution in [0.3, 0.4) is 0 Å². The molecule has 0 aromatic heterocycles. The van der Waals surface area contributed by atoms with Crippen molar-refractivity contribution in [2.24, 2.45) is 11.1 Å². The molecule has 4 nitrogen and oxygen atoms in total. The number of hydrogen-bond donors (Lipinski definition) is 1. The standard InChI is InChI=1S/C15H20N2O2/c16-11-15(5-7-19-8-6-15)14(18)17-9-12-3-1-2-4-13(12)10-17/h1-4H,5-11,16H2. The molecule has 1 aromatic carbocycles. The van der Waals surface area contributed by atoms with E-state index in [1.807, 2.05) is 17.0 Å². The van der Waals surface area contributed by atoms with Crippen molar-refractivity contribution in [2.45, 2.75) is 25.9 Å². The summed E-state index contributed by atoms with van der Waals surface area (Å²) < 4.78 is 5.37. The van der Waals surface area contributed by atoms with E-state index in [0.29, 0.717) is 19.8 Å². The van der Waals surface area contributed by atoms with Gasteiger partial charge in [-0.05, 0) is 24.0 Å². The summed E-state index contributed by atoms with van der Waals surface area (Å²) in [6.07, 6.45) is 1.49. The van der Waals surface area contributed by atoms with E-state index in [-0.39, 0.29) is 5.91 Å². The largest absolute Gasteiger partial charge is 0.381 e. The van der Waals surface area contributed by atoms with Gasteiger partial charge in [-0.15, -0.1) is 0 Å². The minimum absolute atomic E-state index is 0.203. The van der Waals surface area contributed by atoms with E-state index in [9.17, 15) is 4.79 Å². The predicted octanol–water partition coefficient (Wildman–Crippen LogP) is 1.28. The quantitative estimate of drug-likeness (QED) is 0.871. The van der Waals surface area contributed by atoms with E-state index in [1.165, 1.54) is 11.1 Å². The van der Waals surface area contributed by atoms with Crippen LogP contribution in [0, 0.1) is 5.41 Å². The van der Waals surface area contributed by atoms with Crippen LogP contribution in [0.15, 0.2) is 24.3 Å². The monoisotopic (exact) mass is 260 g/mol. The molecule has 0 spiro atoms. The molecule has 2 N–H and O–H groups in total. The Morgan fingerprint density at radius 3 is 2.32 bits per heavy atom. The van der Waals surface area contributed by atoms with Gasteiger partial charge in [-0.2, -0.15) is 0 Å². The topological polar surface area (TPSA) is 55.6 Å². The second-order valence-corrected chi connectivity index (χ2v) is 5.53. The Hall–Kier alpha value is -1.39. The second kappa shape index (κ2) is 4.94. The number of benzene rings is 1. The average Bonchev–Trinajstić information content (AvgIpc) is 2.91. The minimum Gasteiger partial charge on any atom is -0.381 e. The molecular formula is C15H20N2O2. The number of hydrogen-bond acceptors (Lipinski definition) is 3. The van der Waals surface area contributed by atoms with Crippen molar-refractivity contribution >= 4 is 5.91 Å². The van der Waals surface area contributed by atoms with E-state index in [2.05, 4.69) is 12.1 Å². The number of amides is 1. The van der Waals surface area contributed by atoms with E-state index in [4.69, 9.17) is 10.5 Å². The first-order valence-electron chi connectivity index (χ1n) is 6.89. The molecule has 2 aliphatic rings. The van der Waals surface area contributed by atoms with Crippen molar-refractivity contribution in [3.63, 3.8) is 0 Å². The zero-order chi connectivity index (χ0) is 13.3. The second-order valence-electron chi connectivity index (χ2n) is 5.53. The van der Waals surface area contributed by atoms with Gasteiger partial charge in [-0.25, -0.2) is 0 Å². The molecule has 0 aliphatic carbocycles. The van der Waals surface area contributed by atoms with Crippen molar-refractivity contribution in [1.29, 1.82) is 0 Å². The Morgan fingerprint density at radius 2 is 1.79 bits per heavy atom. The molecule has 0 radical (unpaired) electrons. The lowest BCUT2D eigenvalue weighted by molar-refractivity contribution is -0.147. The smallest absolute Gasteiger partial charge is 0.230 e. The van der Waals surface area contributed by atoms with Gasteiger partial charge in [0.1, 0.15) is 0 Å². The maximum absolute atomic E-state index is 12.8. The average molecular weight is 260 g/mol. The molecule has 0 unspecified atom stereocenters. The fourth-order valence-corrected chi connectivity index (χ4v) is 3.08. The van der Waals surface area contributed by atoms with Crippen LogP contribution in [0.25, 0.3) is 0 Å². The van der Waals surface area contributed by atoms with E-state index < -0.39 is 5.41 Å². The summed E-state index contributed by atoms with van der Waals surface area (Å²) in [6, 6.07) is 8.25. The van der Waals surface area contributed by atoms with Crippen LogP contribution < -0.4 is 5.73 Å². The molecule has 19 heavy (non-hydrogen) atoms. The summed E-state index contributed by atoms with van der Waals surface area (Å²) in [5.41, 5.74) is 8.02. The van der Waals surface area contributed by atoms with Gasteiger partial charge in [0, 0.05) is 32.8 Å². The van der Waals surface area contributed by atoms with Gasteiger partial charge < -0.3 is 15.4 Å². The van der Waals surface area contributed by atoms with Gasteiger partial charge in [0.2, 0.25) is 5.91 Å². The summed E-state index contributed by atoms with van der Waals surface area (Å²) in [5, 5.41) is 0. The molecule has 1 fully saturated rings. The van der Waals surface area contributed by atoms with E-state index >= 15 is 0 Å². The highest BCUT2D eigenvalue weighted by molar-refractivity contribution is 5.83. The SMILES string of the molecule is NCC1(C(=O)N2Cc3ccccc3C2)CCOCC1. The van der Waals surface area contributed by atoms with E-state index in [0.717, 1.165) is 25.9 Å². The third-order valence-corrected chi connectivity index (χ3v) is 4.42. The van der Waals surface area contributed by atoms with Gasteiger partial charge >= 0.3 is 0 Å². The number of nitrogens with zero attached hydrogens (tertiary/aromatic N) is 1. The van der Waals surface area contributed by atoms with Crippen LogP contribution in [0.1, 0.15) is 24.0 Å². The van der Waals surface area contributed by atoms with Gasteiger partial charge in [-0.1, -0.05) is 24.3 Å². The molecule has 3 rings (SSSR count).